The summed E-state index contributed by atoms with van der Waals surface area (Å²) in [5.41, 5.74) is 7.72. The number of hydrogen-bond acceptors (Lipinski definition) is 7. The van der Waals surface area contributed by atoms with Crippen LogP contribution >= 0.6 is 22.7 Å². The Morgan fingerprint density at radius 2 is 2.16 bits per heavy atom. The van der Waals surface area contributed by atoms with E-state index in [4.69, 9.17) is 5.73 Å². The quantitative estimate of drug-likeness (QED) is 0.755. The van der Waals surface area contributed by atoms with Crippen LogP contribution in [0.5, 0.6) is 0 Å². The van der Waals surface area contributed by atoms with Crippen molar-refractivity contribution in [2.45, 2.75) is 6.92 Å². The van der Waals surface area contributed by atoms with Crippen LogP contribution in [0, 0.1) is 6.92 Å². The van der Waals surface area contributed by atoms with E-state index < -0.39 is 0 Å². The van der Waals surface area contributed by atoms with E-state index >= 15 is 0 Å². The molecule has 3 aromatic heterocycles. The molecule has 0 unspecified atom stereocenters. The summed E-state index contributed by atoms with van der Waals surface area (Å²) in [7, 11) is 0. The zero-order valence-electron chi connectivity index (χ0n) is 9.88. The van der Waals surface area contributed by atoms with Gasteiger partial charge >= 0.3 is 0 Å². The Hall–Kier alpha value is -2.06. The van der Waals surface area contributed by atoms with Crippen molar-refractivity contribution in [3.63, 3.8) is 0 Å². The first kappa shape index (κ1) is 12.0. The molecule has 0 saturated heterocycles. The van der Waals surface area contributed by atoms with Gasteiger partial charge in [0.05, 0.1) is 11.4 Å². The average Bonchev–Trinajstić information content (AvgIpc) is 2.94. The summed E-state index contributed by atoms with van der Waals surface area (Å²) in [4.78, 5) is 25.7. The normalized spacial score (nSPS) is 10.8. The van der Waals surface area contributed by atoms with E-state index in [9.17, 15) is 4.79 Å². The van der Waals surface area contributed by atoms with Crippen LogP contribution in [-0.4, -0.2) is 20.9 Å². The second-order valence-corrected chi connectivity index (χ2v) is 5.66. The topological polar surface area (TPSA) is 93.8 Å². The summed E-state index contributed by atoms with van der Waals surface area (Å²) in [5, 5.41) is 5.15. The Morgan fingerprint density at radius 1 is 1.37 bits per heavy atom. The summed E-state index contributed by atoms with van der Waals surface area (Å²) < 4.78 is 0. The Morgan fingerprint density at radius 3 is 2.84 bits per heavy atom. The maximum Gasteiger partial charge on any atom is 0.269 e. The number of anilines is 2. The predicted molar refractivity (Wildman–Crippen MR) is 76.6 cm³/mol. The van der Waals surface area contributed by atoms with Gasteiger partial charge < -0.3 is 5.73 Å². The number of fused-ring (bicyclic) bond motifs is 1. The second kappa shape index (κ2) is 4.56. The molecule has 3 aromatic rings. The fourth-order valence-electron chi connectivity index (χ4n) is 1.58. The molecule has 8 heteroatoms. The van der Waals surface area contributed by atoms with Gasteiger partial charge in [0, 0.05) is 17.8 Å². The van der Waals surface area contributed by atoms with Crippen molar-refractivity contribution in [1.29, 1.82) is 0 Å². The third-order valence-electron chi connectivity index (χ3n) is 2.41. The molecule has 0 aliphatic heterocycles. The predicted octanol–water partition coefficient (Wildman–Crippen LogP) is 2.29. The fraction of sp³-hybridized carbons (Fsp3) is 0.0909. The number of hydrogen-bond donors (Lipinski definition) is 2. The molecule has 0 bridgehead atoms. The van der Waals surface area contributed by atoms with Crippen LogP contribution in [0.4, 0.5) is 10.8 Å². The minimum Gasteiger partial charge on any atom is -0.396 e. The number of nitrogens with zero attached hydrogens (tertiary/aromatic N) is 3. The van der Waals surface area contributed by atoms with Crippen molar-refractivity contribution in [2.75, 3.05) is 11.1 Å². The minimum atomic E-state index is -0.281. The number of nitrogens with two attached hydrogens (primary N) is 1. The molecule has 0 aliphatic carbocycles. The van der Waals surface area contributed by atoms with Gasteiger partial charge in [-0.15, -0.1) is 22.7 Å². The summed E-state index contributed by atoms with van der Waals surface area (Å²) in [6.45, 7) is 1.87. The molecule has 96 valence electrons. The summed E-state index contributed by atoms with van der Waals surface area (Å²) in [5.74, 6) is -0.281. The van der Waals surface area contributed by atoms with E-state index in [1.807, 2.05) is 12.3 Å². The van der Waals surface area contributed by atoms with Crippen molar-refractivity contribution >= 4 is 49.7 Å². The van der Waals surface area contributed by atoms with Gasteiger partial charge in [-0.25, -0.2) is 15.0 Å². The van der Waals surface area contributed by atoms with Gasteiger partial charge in [0.1, 0.15) is 15.2 Å². The van der Waals surface area contributed by atoms with Gasteiger partial charge in [0.2, 0.25) is 0 Å². The highest BCUT2D eigenvalue weighted by Gasteiger charge is 2.18. The molecule has 0 saturated carbocycles. The zero-order chi connectivity index (χ0) is 13.4. The molecule has 0 spiro atoms. The van der Waals surface area contributed by atoms with Gasteiger partial charge in [0.15, 0.2) is 5.13 Å². The standard InChI is InChI=1S/C11H9N5OS2/c1-5-4-18-11(15-5)16-9(17)8-6(12)7-10(19-8)14-3-2-13-7/h2-4H,12H2,1H3,(H,15,16,17). The van der Waals surface area contributed by atoms with Crippen LogP contribution in [0.3, 0.4) is 0 Å². The smallest absolute Gasteiger partial charge is 0.269 e. The minimum absolute atomic E-state index is 0.281. The molecule has 3 N–H and O–H groups in total. The number of amides is 1. The number of aryl methyl sites for hydroxylation is 1. The highest BCUT2D eigenvalue weighted by molar-refractivity contribution is 7.21. The molecule has 3 rings (SSSR count). The van der Waals surface area contributed by atoms with Crippen molar-refractivity contribution in [1.82, 2.24) is 15.0 Å². The number of nitrogens with one attached hydrogen (secondary N) is 1. The van der Waals surface area contributed by atoms with E-state index in [2.05, 4.69) is 20.3 Å². The van der Waals surface area contributed by atoms with Gasteiger partial charge in [-0.2, -0.15) is 0 Å². The van der Waals surface area contributed by atoms with E-state index in [0.29, 0.717) is 26.0 Å². The maximum atomic E-state index is 12.1. The average molecular weight is 291 g/mol. The molecule has 6 nitrogen and oxygen atoms in total. The molecular weight excluding hydrogens is 282 g/mol. The van der Waals surface area contributed by atoms with Crippen molar-refractivity contribution in [3.05, 3.63) is 28.3 Å². The van der Waals surface area contributed by atoms with E-state index in [1.54, 1.807) is 12.4 Å². The lowest BCUT2D eigenvalue weighted by molar-refractivity contribution is 0.103. The summed E-state index contributed by atoms with van der Waals surface area (Å²) >= 11 is 2.60. The van der Waals surface area contributed by atoms with Gasteiger partial charge in [-0.1, -0.05) is 0 Å². The van der Waals surface area contributed by atoms with Crippen LogP contribution < -0.4 is 11.1 Å². The lowest BCUT2D eigenvalue weighted by Gasteiger charge is -1.99. The zero-order valence-corrected chi connectivity index (χ0v) is 11.5. The maximum absolute atomic E-state index is 12.1. The molecule has 0 aromatic carbocycles. The van der Waals surface area contributed by atoms with E-state index in [1.165, 1.54) is 22.7 Å². The lowest BCUT2D eigenvalue weighted by Crippen LogP contribution is -2.11. The first-order valence-electron chi connectivity index (χ1n) is 5.37. The third kappa shape index (κ3) is 2.15. The highest BCUT2D eigenvalue weighted by Crippen LogP contribution is 2.31. The lowest BCUT2D eigenvalue weighted by atomic mass is 10.3. The molecule has 3 heterocycles. The van der Waals surface area contributed by atoms with Gasteiger partial charge in [-0.3, -0.25) is 10.1 Å². The molecule has 0 aliphatic rings. The molecule has 0 atom stereocenters. The second-order valence-electron chi connectivity index (χ2n) is 3.80. The van der Waals surface area contributed by atoms with Gasteiger partial charge in [0.25, 0.3) is 5.91 Å². The largest absolute Gasteiger partial charge is 0.396 e. The Bertz CT molecular complexity index is 763. The summed E-state index contributed by atoms with van der Waals surface area (Å²) in [6.07, 6.45) is 3.13. The Kier molecular flexibility index (Phi) is 2.88. The summed E-state index contributed by atoms with van der Waals surface area (Å²) in [6, 6.07) is 0. The van der Waals surface area contributed by atoms with Crippen LogP contribution in [0.1, 0.15) is 15.4 Å². The number of carbonyl (C=O) groups excluding carboxylic acids is 1. The van der Waals surface area contributed by atoms with Crippen LogP contribution in [0.2, 0.25) is 0 Å². The molecule has 0 radical (unpaired) electrons. The van der Waals surface area contributed by atoms with Crippen LogP contribution in [0.25, 0.3) is 10.3 Å². The van der Waals surface area contributed by atoms with Crippen molar-refractivity contribution < 1.29 is 4.79 Å². The number of nitrogen functional groups attached to an aromatic ring is 1. The molecule has 19 heavy (non-hydrogen) atoms. The van der Waals surface area contributed by atoms with E-state index in [0.717, 1.165) is 5.69 Å². The third-order valence-corrected chi connectivity index (χ3v) is 4.39. The SMILES string of the molecule is Cc1csc(NC(=O)c2sc3nccnc3c2N)n1. The monoisotopic (exact) mass is 291 g/mol. The van der Waals surface area contributed by atoms with E-state index in [-0.39, 0.29) is 5.91 Å². The fourth-order valence-corrected chi connectivity index (χ4v) is 3.18. The van der Waals surface area contributed by atoms with Gasteiger partial charge in [-0.05, 0) is 6.92 Å². The number of thiophene rings is 1. The van der Waals surface area contributed by atoms with Crippen molar-refractivity contribution in [2.24, 2.45) is 0 Å². The Labute approximate surface area is 116 Å². The number of thiazole rings is 1. The highest BCUT2D eigenvalue weighted by atomic mass is 32.1. The number of aromatic nitrogens is 3. The first-order chi connectivity index (χ1) is 9.15. The molecule has 0 fully saturated rings. The Balaban J connectivity index is 1.95. The van der Waals surface area contributed by atoms with Crippen LogP contribution in [-0.2, 0) is 0 Å². The first-order valence-corrected chi connectivity index (χ1v) is 7.07. The number of rotatable bonds is 2. The molecule has 1 amide bonds. The molecular formula is C11H9N5OS2. The van der Waals surface area contributed by atoms with Crippen molar-refractivity contribution in [3.8, 4) is 0 Å². The van der Waals surface area contributed by atoms with Crippen LogP contribution in [0.15, 0.2) is 17.8 Å². The number of carbonyl (C=O) groups is 1.